The molecule has 98 valence electrons. The molecule has 4 nitrogen and oxygen atoms in total. The van der Waals surface area contributed by atoms with Crippen molar-refractivity contribution in [3.05, 3.63) is 35.6 Å². The molecule has 0 saturated carbocycles. The highest BCUT2D eigenvalue weighted by Crippen LogP contribution is 2.06. The van der Waals surface area contributed by atoms with Crippen LogP contribution in [0.1, 0.15) is 18.4 Å². The molecule has 0 radical (unpaired) electrons. The molecule has 18 heavy (non-hydrogen) atoms. The van der Waals surface area contributed by atoms with Gasteiger partial charge in [0.2, 0.25) is 5.91 Å². The van der Waals surface area contributed by atoms with Crippen molar-refractivity contribution in [3.63, 3.8) is 0 Å². The average molecular weight is 253 g/mol. The van der Waals surface area contributed by atoms with Gasteiger partial charge >= 0.3 is 5.97 Å². The Hall–Kier alpha value is -1.91. The van der Waals surface area contributed by atoms with E-state index >= 15 is 0 Å². The van der Waals surface area contributed by atoms with E-state index in [4.69, 9.17) is 5.11 Å². The number of carbonyl (C=O) groups excluding carboxylic acids is 1. The third-order valence-corrected chi connectivity index (χ3v) is 2.63. The second-order valence-corrected chi connectivity index (χ2v) is 4.09. The summed E-state index contributed by atoms with van der Waals surface area (Å²) in [6.45, 7) is 0.206. The summed E-state index contributed by atoms with van der Waals surface area (Å²) in [6, 6.07) is 5.99. The van der Waals surface area contributed by atoms with Crippen LogP contribution in [0.15, 0.2) is 24.3 Å². The largest absolute Gasteiger partial charge is 0.481 e. The maximum atomic E-state index is 12.7. The smallest absolute Gasteiger partial charge is 0.305 e. The van der Waals surface area contributed by atoms with Crippen LogP contribution in [0.3, 0.4) is 0 Å². The summed E-state index contributed by atoms with van der Waals surface area (Å²) in [5.74, 6) is -1.34. The second-order valence-electron chi connectivity index (χ2n) is 4.09. The van der Waals surface area contributed by atoms with E-state index in [1.165, 1.54) is 17.0 Å². The summed E-state index contributed by atoms with van der Waals surface area (Å²) in [5, 5.41) is 8.50. The van der Waals surface area contributed by atoms with Gasteiger partial charge in [0.1, 0.15) is 5.82 Å². The number of aryl methyl sites for hydroxylation is 1. The number of hydrogen-bond donors (Lipinski definition) is 1. The zero-order valence-corrected chi connectivity index (χ0v) is 10.2. The van der Waals surface area contributed by atoms with Crippen LogP contribution < -0.4 is 0 Å². The van der Waals surface area contributed by atoms with Gasteiger partial charge in [-0.15, -0.1) is 0 Å². The molecule has 1 aromatic carbocycles. The van der Waals surface area contributed by atoms with Crippen LogP contribution in [0, 0.1) is 5.82 Å². The molecule has 1 aromatic rings. The number of nitrogens with zero attached hydrogens (tertiary/aromatic N) is 1. The van der Waals surface area contributed by atoms with Crippen molar-refractivity contribution in [1.82, 2.24) is 4.90 Å². The van der Waals surface area contributed by atoms with Gasteiger partial charge in [0.05, 0.1) is 6.42 Å². The molecule has 0 atom stereocenters. The van der Waals surface area contributed by atoms with Gasteiger partial charge in [-0.05, 0) is 24.1 Å². The molecular weight excluding hydrogens is 237 g/mol. The molecule has 1 N–H and O–H groups in total. The number of amides is 1. The Morgan fingerprint density at radius 1 is 1.22 bits per heavy atom. The van der Waals surface area contributed by atoms with Crippen LogP contribution >= 0.6 is 0 Å². The van der Waals surface area contributed by atoms with E-state index < -0.39 is 5.97 Å². The summed E-state index contributed by atoms with van der Waals surface area (Å²) in [7, 11) is 1.58. The minimum absolute atomic E-state index is 0.0568. The zero-order chi connectivity index (χ0) is 13.5. The van der Waals surface area contributed by atoms with Crippen molar-refractivity contribution in [2.24, 2.45) is 0 Å². The lowest BCUT2D eigenvalue weighted by Crippen LogP contribution is -2.29. The first-order chi connectivity index (χ1) is 8.49. The molecule has 1 amide bonds. The van der Waals surface area contributed by atoms with E-state index in [1.807, 2.05) is 0 Å². The van der Waals surface area contributed by atoms with E-state index in [9.17, 15) is 14.0 Å². The number of carbonyl (C=O) groups is 2. The van der Waals surface area contributed by atoms with Gasteiger partial charge in [-0.1, -0.05) is 12.1 Å². The molecule has 0 spiro atoms. The van der Waals surface area contributed by atoms with Crippen molar-refractivity contribution in [1.29, 1.82) is 0 Å². The van der Waals surface area contributed by atoms with Crippen LogP contribution in [-0.4, -0.2) is 35.5 Å². The van der Waals surface area contributed by atoms with Gasteiger partial charge in [0, 0.05) is 20.0 Å². The van der Waals surface area contributed by atoms with Gasteiger partial charge in [-0.3, -0.25) is 9.59 Å². The predicted octanol–water partition coefficient (Wildman–Crippen LogP) is 1.69. The van der Waals surface area contributed by atoms with E-state index in [0.717, 1.165) is 5.56 Å². The van der Waals surface area contributed by atoms with Crippen molar-refractivity contribution < 1.29 is 19.1 Å². The lowest BCUT2D eigenvalue weighted by atomic mass is 10.1. The first kappa shape index (κ1) is 14.2. The van der Waals surface area contributed by atoms with Crippen molar-refractivity contribution >= 4 is 11.9 Å². The second kappa shape index (κ2) is 6.74. The summed E-state index contributed by atoms with van der Waals surface area (Å²) in [6.07, 6.45) is 0.761. The fourth-order valence-electron chi connectivity index (χ4n) is 1.48. The number of halogens is 1. The van der Waals surface area contributed by atoms with Gasteiger partial charge in [-0.25, -0.2) is 4.39 Å². The van der Waals surface area contributed by atoms with Gasteiger partial charge in [0.15, 0.2) is 0 Å². The normalized spacial score (nSPS) is 10.1. The third kappa shape index (κ3) is 4.95. The number of rotatable bonds is 6. The minimum Gasteiger partial charge on any atom is -0.481 e. The maximum absolute atomic E-state index is 12.7. The molecule has 0 bridgehead atoms. The Bertz CT molecular complexity index is 417. The Morgan fingerprint density at radius 2 is 1.83 bits per heavy atom. The molecule has 0 aromatic heterocycles. The predicted molar refractivity (Wildman–Crippen MR) is 64.6 cm³/mol. The van der Waals surface area contributed by atoms with Crippen LogP contribution in [0.4, 0.5) is 4.39 Å². The number of hydrogen-bond acceptors (Lipinski definition) is 2. The van der Waals surface area contributed by atoms with Crippen molar-refractivity contribution in [2.75, 3.05) is 13.6 Å². The lowest BCUT2D eigenvalue weighted by molar-refractivity contribution is -0.138. The molecule has 0 aliphatic rings. The summed E-state index contributed by atoms with van der Waals surface area (Å²) in [4.78, 5) is 23.4. The quantitative estimate of drug-likeness (QED) is 0.839. The summed E-state index contributed by atoms with van der Waals surface area (Å²) < 4.78 is 12.7. The molecule has 0 saturated heterocycles. The van der Waals surface area contributed by atoms with Crippen molar-refractivity contribution in [2.45, 2.75) is 19.3 Å². The van der Waals surface area contributed by atoms with E-state index in [0.29, 0.717) is 12.8 Å². The Balaban J connectivity index is 2.36. The van der Waals surface area contributed by atoms with Gasteiger partial charge in [0.25, 0.3) is 0 Å². The minimum atomic E-state index is -0.923. The maximum Gasteiger partial charge on any atom is 0.305 e. The molecule has 0 fully saturated rings. The zero-order valence-electron chi connectivity index (χ0n) is 10.2. The van der Waals surface area contributed by atoms with Gasteiger partial charge < -0.3 is 10.0 Å². The fraction of sp³-hybridized carbons (Fsp3) is 0.385. The molecule has 0 heterocycles. The van der Waals surface area contributed by atoms with Crippen LogP contribution in [0.2, 0.25) is 0 Å². The van der Waals surface area contributed by atoms with E-state index in [2.05, 4.69) is 0 Å². The van der Waals surface area contributed by atoms with Crippen LogP contribution in [0.5, 0.6) is 0 Å². The van der Waals surface area contributed by atoms with E-state index in [1.54, 1.807) is 19.2 Å². The molecule has 0 unspecified atom stereocenters. The van der Waals surface area contributed by atoms with Crippen molar-refractivity contribution in [3.8, 4) is 0 Å². The highest BCUT2D eigenvalue weighted by atomic mass is 19.1. The fourth-order valence-corrected chi connectivity index (χ4v) is 1.48. The van der Waals surface area contributed by atoms with Gasteiger partial charge in [-0.2, -0.15) is 0 Å². The Morgan fingerprint density at radius 3 is 2.39 bits per heavy atom. The molecule has 0 aliphatic carbocycles. The number of carboxylic acids is 1. The summed E-state index contributed by atoms with van der Waals surface area (Å²) >= 11 is 0. The van der Waals surface area contributed by atoms with Crippen LogP contribution in [0.25, 0.3) is 0 Å². The Kier molecular flexibility index (Phi) is 5.30. The SMILES string of the molecule is CN(CCC(=O)O)C(=O)CCc1ccc(F)cc1. The van der Waals surface area contributed by atoms with Crippen LogP contribution in [-0.2, 0) is 16.0 Å². The third-order valence-electron chi connectivity index (χ3n) is 2.63. The first-order valence-electron chi connectivity index (χ1n) is 5.69. The molecule has 1 rings (SSSR count). The highest BCUT2D eigenvalue weighted by Gasteiger charge is 2.10. The summed E-state index contributed by atoms with van der Waals surface area (Å²) in [5.41, 5.74) is 0.886. The number of aliphatic carboxylic acids is 1. The van der Waals surface area contributed by atoms with E-state index in [-0.39, 0.29) is 24.7 Å². The Labute approximate surface area is 105 Å². The monoisotopic (exact) mass is 253 g/mol. The molecular formula is C13H16FNO3. The lowest BCUT2D eigenvalue weighted by Gasteiger charge is -2.15. The standard InChI is InChI=1S/C13H16FNO3/c1-15(9-8-13(17)18)12(16)7-4-10-2-5-11(14)6-3-10/h2-3,5-6H,4,7-9H2,1H3,(H,17,18). The average Bonchev–Trinajstić information content (AvgIpc) is 2.34. The molecule has 5 heteroatoms. The number of benzene rings is 1. The molecule has 0 aliphatic heterocycles. The highest BCUT2D eigenvalue weighted by molar-refractivity contribution is 5.77. The number of carboxylic acid groups (broad SMARTS) is 1. The first-order valence-corrected chi connectivity index (χ1v) is 5.69. The topological polar surface area (TPSA) is 57.6 Å².